The molecule has 0 N–H and O–H groups in total. The number of hydrogen-bond acceptors (Lipinski definition) is 7. The van der Waals surface area contributed by atoms with E-state index >= 15 is 0 Å². The molecule has 0 fully saturated rings. The van der Waals surface area contributed by atoms with E-state index in [1.54, 1.807) is 38.5 Å². The van der Waals surface area contributed by atoms with Gasteiger partial charge in [0.15, 0.2) is 23.0 Å². The standard InChI is InChI=1S/C27H27ClN2O6/c1-32-22-11-8-17(12-23(22)33-2)20-15-21(16-6-9-19(28)10-7-16)30(29-20)27(31)18-13-24(34-3)26(36-5)25(14-18)35-4/h6-14,21H,15H2,1-5H3/t21-/m0/s1. The summed E-state index contributed by atoms with van der Waals surface area (Å²) in [6, 6.07) is 15.8. The summed E-state index contributed by atoms with van der Waals surface area (Å²) >= 11 is 6.12. The third kappa shape index (κ3) is 4.77. The van der Waals surface area contributed by atoms with Crippen molar-refractivity contribution in [3.63, 3.8) is 0 Å². The van der Waals surface area contributed by atoms with Crippen molar-refractivity contribution in [2.45, 2.75) is 12.5 Å². The van der Waals surface area contributed by atoms with Crippen molar-refractivity contribution in [1.82, 2.24) is 5.01 Å². The van der Waals surface area contributed by atoms with E-state index in [9.17, 15) is 4.79 Å². The number of carbonyl (C=O) groups excluding carboxylic acids is 1. The van der Waals surface area contributed by atoms with E-state index in [1.807, 2.05) is 30.3 Å². The second-order valence-corrected chi connectivity index (χ2v) is 8.39. The zero-order valence-electron chi connectivity index (χ0n) is 20.7. The molecule has 0 saturated carbocycles. The molecule has 0 bridgehead atoms. The maximum atomic E-state index is 13.8. The lowest BCUT2D eigenvalue weighted by Crippen LogP contribution is -2.27. The molecule has 0 saturated heterocycles. The Morgan fingerprint density at radius 3 is 1.97 bits per heavy atom. The van der Waals surface area contributed by atoms with E-state index in [-0.39, 0.29) is 11.9 Å². The molecule has 36 heavy (non-hydrogen) atoms. The molecule has 0 radical (unpaired) electrons. The number of hydrogen-bond donors (Lipinski definition) is 0. The maximum absolute atomic E-state index is 13.8. The average molecular weight is 511 g/mol. The number of benzene rings is 3. The van der Waals surface area contributed by atoms with Gasteiger partial charge in [0.2, 0.25) is 5.75 Å². The van der Waals surface area contributed by atoms with Crippen LogP contribution in [-0.4, -0.2) is 52.2 Å². The summed E-state index contributed by atoms with van der Waals surface area (Å²) in [7, 11) is 7.68. The van der Waals surface area contributed by atoms with Gasteiger partial charge in [0.05, 0.1) is 47.3 Å². The lowest BCUT2D eigenvalue weighted by atomic mass is 9.98. The molecule has 188 valence electrons. The van der Waals surface area contributed by atoms with Crippen LogP contribution in [0.1, 0.15) is 33.9 Å². The SMILES string of the molecule is COc1ccc(C2=NN(C(=O)c3cc(OC)c(OC)c(OC)c3)[C@H](c3ccc(Cl)cc3)C2)cc1OC. The Kier molecular flexibility index (Phi) is 7.55. The van der Waals surface area contributed by atoms with E-state index in [2.05, 4.69) is 0 Å². The van der Waals surface area contributed by atoms with E-state index in [1.165, 1.54) is 26.3 Å². The molecule has 1 heterocycles. The molecule has 0 unspecified atom stereocenters. The molecule has 0 aromatic heterocycles. The molecule has 4 rings (SSSR count). The van der Waals surface area contributed by atoms with Crippen LogP contribution in [0, 0.1) is 0 Å². The third-order valence-electron chi connectivity index (χ3n) is 6.00. The van der Waals surface area contributed by atoms with Crippen LogP contribution in [0.3, 0.4) is 0 Å². The summed E-state index contributed by atoms with van der Waals surface area (Å²) in [5, 5.41) is 6.85. The Morgan fingerprint density at radius 1 is 0.806 bits per heavy atom. The summed E-state index contributed by atoms with van der Waals surface area (Å²) < 4.78 is 27.1. The average Bonchev–Trinajstić information content (AvgIpc) is 3.37. The predicted octanol–water partition coefficient (Wildman–Crippen LogP) is 5.37. The van der Waals surface area contributed by atoms with Gasteiger partial charge in [-0.25, -0.2) is 5.01 Å². The van der Waals surface area contributed by atoms with Gasteiger partial charge in [-0.15, -0.1) is 0 Å². The first-order valence-electron chi connectivity index (χ1n) is 11.1. The number of nitrogens with zero attached hydrogens (tertiary/aromatic N) is 2. The summed E-state index contributed by atoms with van der Waals surface area (Å²) in [6.07, 6.45) is 0.493. The molecular weight excluding hydrogens is 484 g/mol. The van der Waals surface area contributed by atoms with Gasteiger partial charge in [0, 0.05) is 22.6 Å². The Hall–Kier alpha value is -3.91. The van der Waals surface area contributed by atoms with Crippen LogP contribution >= 0.6 is 11.6 Å². The third-order valence-corrected chi connectivity index (χ3v) is 6.25. The number of halogens is 1. The summed E-state index contributed by atoms with van der Waals surface area (Å²) in [6.45, 7) is 0. The van der Waals surface area contributed by atoms with Crippen LogP contribution in [0.2, 0.25) is 5.02 Å². The largest absolute Gasteiger partial charge is 0.493 e. The monoisotopic (exact) mass is 510 g/mol. The Balaban J connectivity index is 1.79. The Morgan fingerprint density at radius 2 is 1.42 bits per heavy atom. The molecule has 8 nitrogen and oxygen atoms in total. The zero-order chi connectivity index (χ0) is 25.8. The van der Waals surface area contributed by atoms with Crippen molar-refractivity contribution >= 4 is 23.2 Å². The number of hydrazone groups is 1. The summed E-state index contributed by atoms with van der Waals surface area (Å²) in [5.41, 5.74) is 2.81. The van der Waals surface area contributed by atoms with E-state index in [0.29, 0.717) is 45.8 Å². The fourth-order valence-corrected chi connectivity index (χ4v) is 4.30. The highest BCUT2D eigenvalue weighted by molar-refractivity contribution is 6.30. The van der Waals surface area contributed by atoms with Gasteiger partial charge in [-0.3, -0.25) is 4.79 Å². The van der Waals surface area contributed by atoms with E-state index in [0.717, 1.165) is 16.8 Å². The molecule has 1 amide bonds. The highest BCUT2D eigenvalue weighted by Crippen LogP contribution is 2.41. The number of amides is 1. The first-order valence-corrected chi connectivity index (χ1v) is 11.5. The van der Waals surface area contributed by atoms with Crippen molar-refractivity contribution in [3.8, 4) is 28.7 Å². The lowest BCUT2D eigenvalue weighted by molar-refractivity contribution is 0.0710. The Bertz CT molecular complexity index is 1270. The summed E-state index contributed by atoms with van der Waals surface area (Å²) in [4.78, 5) is 13.8. The van der Waals surface area contributed by atoms with E-state index in [4.69, 9.17) is 40.4 Å². The van der Waals surface area contributed by atoms with Crippen molar-refractivity contribution in [2.24, 2.45) is 5.10 Å². The van der Waals surface area contributed by atoms with Crippen molar-refractivity contribution in [3.05, 3.63) is 76.3 Å². The minimum atomic E-state index is -0.350. The van der Waals surface area contributed by atoms with Crippen LogP contribution in [-0.2, 0) is 0 Å². The maximum Gasteiger partial charge on any atom is 0.274 e. The topological polar surface area (TPSA) is 78.8 Å². The molecule has 9 heteroatoms. The van der Waals surface area contributed by atoms with Gasteiger partial charge < -0.3 is 23.7 Å². The van der Waals surface area contributed by atoms with Gasteiger partial charge in [-0.05, 0) is 48.0 Å². The Labute approximate surface area is 214 Å². The number of carbonyl (C=O) groups is 1. The number of methoxy groups -OCH3 is 5. The molecule has 0 aliphatic carbocycles. The molecule has 1 aliphatic rings. The van der Waals surface area contributed by atoms with Gasteiger partial charge in [0.1, 0.15) is 0 Å². The van der Waals surface area contributed by atoms with Gasteiger partial charge in [0.25, 0.3) is 5.91 Å². The molecular formula is C27H27ClN2O6. The number of ether oxygens (including phenoxy) is 5. The van der Waals surface area contributed by atoms with Gasteiger partial charge >= 0.3 is 0 Å². The van der Waals surface area contributed by atoms with Crippen molar-refractivity contribution in [2.75, 3.05) is 35.5 Å². The molecule has 1 atom stereocenters. The van der Waals surface area contributed by atoms with Gasteiger partial charge in [-0.2, -0.15) is 5.10 Å². The lowest BCUT2D eigenvalue weighted by Gasteiger charge is -2.23. The minimum Gasteiger partial charge on any atom is -0.493 e. The van der Waals surface area contributed by atoms with Crippen LogP contribution in [0.25, 0.3) is 0 Å². The second kappa shape index (κ2) is 10.8. The van der Waals surface area contributed by atoms with E-state index < -0.39 is 0 Å². The highest BCUT2D eigenvalue weighted by atomic mass is 35.5. The molecule has 3 aromatic rings. The predicted molar refractivity (Wildman–Crippen MR) is 137 cm³/mol. The number of rotatable bonds is 8. The zero-order valence-corrected chi connectivity index (χ0v) is 21.5. The first kappa shape index (κ1) is 25.2. The summed E-state index contributed by atoms with van der Waals surface area (Å²) in [5.74, 6) is 2.04. The van der Waals surface area contributed by atoms with Crippen LogP contribution in [0.4, 0.5) is 0 Å². The first-order chi connectivity index (χ1) is 17.4. The molecule has 1 aliphatic heterocycles. The fourth-order valence-electron chi connectivity index (χ4n) is 4.17. The molecule has 0 spiro atoms. The smallest absolute Gasteiger partial charge is 0.274 e. The fraction of sp³-hybridized carbons (Fsp3) is 0.259. The highest BCUT2D eigenvalue weighted by Gasteiger charge is 2.35. The second-order valence-electron chi connectivity index (χ2n) is 7.95. The van der Waals surface area contributed by atoms with Crippen molar-refractivity contribution < 1.29 is 28.5 Å². The quantitative estimate of drug-likeness (QED) is 0.405. The normalized spacial score (nSPS) is 14.8. The van der Waals surface area contributed by atoms with Crippen LogP contribution in [0.5, 0.6) is 28.7 Å². The van der Waals surface area contributed by atoms with Crippen LogP contribution < -0.4 is 23.7 Å². The minimum absolute atomic E-state index is 0.315. The van der Waals surface area contributed by atoms with Gasteiger partial charge in [-0.1, -0.05) is 23.7 Å². The van der Waals surface area contributed by atoms with Crippen molar-refractivity contribution in [1.29, 1.82) is 0 Å². The molecule has 3 aromatic carbocycles. The van der Waals surface area contributed by atoms with Crippen LogP contribution in [0.15, 0.2) is 59.7 Å².